The van der Waals surface area contributed by atoms with E-state index in [4.69, 9.17) is 14.5 Å². The number of pyridine rings is 1. The Bertz CT molecular complexity index is 908. The maximum atomic E-state index is 5.53. The number of nitrogens with zero attached hydrogens (tertiary/aromatic N) is 4. The predicted octanol–water partition coefficient (Wildman–Crippen LogP) is 3.11. The van der Waals surface area contributed by atoms with Gasteiger partial charge in [0.05, 0.1) is 25.5 Å². The molecule has 0 N–H and O–H groups in total. The lowest BCUT2D eigenvalue weighted by Crippen LogP contribution is -2.31. The Kier molecular flexibility index (Phi) is 4.98. The standard InChI is InChI=1S/C21H22N4O2/c1-26-19-4-3-5-20(27-2)17(19)14-25-11-8-18-16(13-25)12-23-21(24-18)15-6-9-22-10-7-15/h3-7,9-10,12H,8,11,13-14H2,1-2H3. The van der Waals surface area contributed by atoms with Crippen LogP contribution in [0.5, 0.6) is 11.5 Å². The molecule has 0 aliphatic carbocycles. The molecule has 3 aromatic rings. The van der Waals surface area contributed by atoms with Gasteiger partial charge in [0.15, 0.2) is 5.82 Å². The summed E-state index contributed by atoms with van der Waals surface area (Å²) >= 11 is 0. The summed E-state index contributed by atoms with van der Waals surface area (Å²) in [5.41, 5.74) is 4.36. The minimum absolute atomic E-state index is 0.760. The van der Waals surface area contributed by atoms with Crippen LogP contribution in [0.4, 0.5) is 0 Å². The van der Waals surface area contributed by atoms with Gasteiger partial charge in [-0.3, -0.25) is 9.88 Å². The zero-order valence-electron chi connectivity index (χ0n) is 15.6. The third-order valence-electron chi connectivity index (χ3n) is 4.86. The molecule has 3 heterocycles. The smallest absolute Gasteiger partial charge is 0.159 e. The molecule has 1 aliphatic heterocycles. The molecule has 0 bridgehead atoms. The number of hydrogen-bond donors (Lipinski definition) is 0. The number of methoxy groups -OCH3 is 2. The summed E-state index contributed by atoms with van der Waals surface area (Å²) in [5, 5.41) is 0. The molecule has 0 unspecified atom stereocenters. The van der Waals surface area contributed by atoms with Gasteiger partial charge in [-0.15, -0.1) is 0 Å². The molecular formula is C21H22N4O2. The Morgan fingerprint density at radius 1 is 1.04 bits per heavy atom. The van der Waals surface area contributed by atoms with Crippen molar-refractivity contribution in [1.82, 2.24) is 19.9 Å². The van der Waals surface area contributed by atoms with Crippen molar-refractivity contribution in [2.75, 3.05) is 20.8 Å². The van der Waals surface area contributed by atoms with Crippen LogP contribution in [0, 0.1) is 0 Å². The van der Waals surface area contributed by atoms with Crippen molar-refractivity contribution >= 4 is 0 Å². The quantitative estimate of drug-likeness (QED) is 0.695. The van der Waals surface area contributed by atoms with Gasteiger partial charge >= 0.3 is 0 Å². The van der Waals surface area contributed by atoms with Crippen LogP contribution < -0.4 is 9.47 Å². The van der Waals surface area contributed by atoms with Crippen LogP contribution in [-0.4, -0.2) is 40.6 Å². The SMILES string of the molecule is COc1cccc(OC)c1CN1CCc2nc(-c3ccncc3)ncc2C1. The Morgan fingerprint density at radius 3 is 2.48 bits per heavy atom. The molecule has 0 atom stereocenters. The first-order valence-corrected chi connectivity index (χ1v) is 8.96. The highest BCUT2D eigenvalue weighted by Gasteiger charge is 2.21. The van der Waals surface area contributed by atoms with E-state index in [1.165, 1.54) is 5.56 Å². The zero-order chi connectivity index (χ0) is 18.6. The number of hydrogen-bond acceptors (Lipinski definition) is 6. The molecule has 6 nitrogen and oxygen atoms in total. The van der Waals surface area contributed by atoms with Crippen LogP contribution in [-0.2, 0) is 19.5 Å². The van der Waals surface area contributed by atoms with Crippen LogP contribution >= 0.6 is 0 Å². The average Bonchev–Trinajstić information content (AvgIpc) is 2.74. The first-order chi connectivity index (χ1) is 13.3. The Morgan fingerprint density at radius 2 is 1.78 bits per heavy atom. The second-order valence-corrected chi connectivity index (χ2v) is 6.50. The van der Waals surface area contributed by atoms with E-state index in [-0.39, 0.29) is 0 Å². The summed E-state index contributed by atoms with van der Waals surface area (Å²) in [4.78, 5) is 15.8. The normalized spacial score (nSPS) is 13.9. The van der Waals surface area contributed by atoms with Gasteiger partial charge in [0.25, 0.3) is 0 Å². The minimum atomic E-state index is 0.760. The van der Waals surface area contributed by atoms with Crippen LogP contribution in [0.2, 0.25) is 0 Å². The third-order valence-corrected chi connectivity index (χ3v) is 4.86. The van der Waals surface area contributed by atoms with E-state index >= 15 is 0 Å². The molecular weight excluding hydrogens is 340 g/mol. The summed E-state index contributed by atoms with van der Waals surface area (Å²) in [5.74, 6) is 2.46. The number of aromatic nitrogens is 3. The van der Waals surface area contributed by atoms with Crippen LogP contribution in [0.1, 0.15) is 16.8 Å². The Hall–Kier alpha value is -2.99. The number of ether oxygens (including phenoxy) is 2. The highest BCUT2D eigenvalue weighted by molar-refractivity contribution is 5.54. The Labute approximate surface area is 158 Å². The second-order valence-electron chi connectivity index (χ2n) is 6.50. The van der Waals surface area contributed by atoms with Gasteiger partial charge in [0.2, 0.25) is 0 Å². The third kappa shape index (κ3) is 3.61. The van der Waals surface area contributed by atoms with E-state index in [2.05, 4.69) is 14.9 Å². The maximum absolute atomic E-state index is 5.53. The molecule has 0 saturated carbocycles. The summed E-state index contributed by atoms with van der Waals surface area (Å²) < 4.78 is 11.1. The highest BCUT2D eigenvalue weighted by atomic mass is 16.5. The van der Waals surface area contributed by atoms with Gasteiger partial charge in [0, 0.05) is 55.8 Å². The zero-order valence-corrected chi connectivity index (χ0v) is 15.6. The average molecular weight is 362 g/mol. The molecule has 2 aromatic heterocycles. The fraction of sp³-hybridized carbons (Fsp3) is 0.286. The summed E-state index contributed by atoms with van der Waals surface area (Å²) in [6.45, 7) is 2.51. The van der Waals surface area contributed by atoms with E-state index in [0.717, 1.165) is 60.2 Å². The molecule has 0 amide bonds. The van der Waals surface area contributed by atoms with Crippen LogP contribution in [0.3, 0.4) is 0 Å². The van der Waals surface area contributed by atoms with Gasteiger partial charge in [-0.25, -0.2) is 9.97 Å². The number of fused-ring (bicyclic) bond motifs is 1. The molecule has 0 fully saturated rings. The predicted molar refractivity (Wildman–Crippen MR) is 103 cm³/mol. The summed E-state index contributed by atoms with van der Waals surface area (Å²) in [7, 11) is 3.39. The summed E-state index contributed by atoms with van der Waals surface area (Å²) in [6, 6.07) is 9.76. The van der Waals surface area contributed by atoms with E-state index in [9.17, 15) is 0 Å². The monoisotopic (exact) mass is 362 g/mol. The van der Waals surface area contributed by atoms with Gasteiger partial charge in [0.1, 0.15) is 11.5 Å². The highest BCUT2D eigenvalue weighted by Crippen LogP contribution is 2.31. The first-order valence-electron chi connectivity index (χ1n) is 8.96. The van der Waals surface area contributed by atoms with E-state index in [0.29, 0.717) is 0 Å². The molecule has 4 rings (SSSR count). The first kappa shape index (κ1) is 17.4. The minimum Gasteiger partial charge on any atom is -0.496 e. The molecule has 6 heteroatoms. The molecule has 138 valence electrons. The largest absolute Gasteiger partial charge is 0.496 e. The van der Waals surface area contributed by atoms with Gasteiger partial charge in [-0.2, -0.15) is 0 Å². The van der Waals surface area contributed by atoms with Gasteiger partial charge in [-0.1, -0.05) is 6.07 Å². The lowest BCUT2D eigenvalue weighted by atomic mass is 10.1. The fourth-order valence-corrected chi connectivity index (χ4v) is 3.46. The van der Waals surface area contributed by atoms with Crippen molar-refractivity contribution in [3.05, 3.63) is 65.7 Å². The summed E-state index contributed by atoms with van der Waals surface area (Å²) in [6.07, 6.45) is 6.37. The molecule has 0 spiro atoms. The fourth-order valence-electron chi connectivity index (χ4n) is 3.46. The van der Waals surface area contributed by atoms with Crippen molar-refractivity contribution in [3.8, 4) is 22.9 Å². The Balaban J connectivity index is 1.55. The lowest BCUT2D eigenvalue weighted by molar-refractivity contribution is 0.235. The number of benzene rings is 1. The second kappa shape index (κ2) is 7.72. The van der Waals surface area contributed by atoms with E-state index in [1.54, 1.807) is 26.6 Å². The number of rotatable bonds is 5. The lowest BCUT2D eigenvalue weighted by Gasteiger charge is -2.29. The van der Waals surface area contributed by atoms with Crippen LogP contribution in [0.15, 0.2) is 48.9 Å². The maximum Gasteiger partial charge on any atom is 0.159 e. The van der Waals surface area contributed by atoms with Crippen molar-refractivity contribution in [2.45, 2.75) is 19.5 Å². The van der Waals surface area contributed by atoms with E-state index in [1.807, 2.05) is 36.5 Å². The molecule has 1 aliphatic rings. The van der Waals surface area contributed by atoms with E-state index < -0.39 is 0 Å². The molecule has 0 saturated heterocycles. The topological polar surface area (TPSA) is 60.4 Å². The molecule has 0 radical (unpaired) electrons. The van der Waals surface area contributed by atoms with Gasteiger partial charge < -0.3 is 9.47 Å². The van der Waals surface area contributed by atoms with Crippen molar-refractivity contribution in [1.29, 1.82) is 0 Å². The van der Waals surface area contributed by atoms with Crippen LogP contribution in [0.25, 0.3) is 11.4 Å². The van der Waals surface area contributed by atoms with Gasteiger partial charge in [-0.05, 0) is 24.3 Å². The van der Waals surface area contributed by atoms with Crippen molar-refractivity contribution in [3.63, 3.8) is 0 Å². The van der Waals surface area contributed by atoms with Crippen molar-refractivity contribution < 1.29 is 9.47 Å². The molecule has 27 heavy (non-hydrogen) atoms. The van der Waals surface area contributed by atoms with Crippen molar-refractivity contribution in [2.24, 2.45) is 0 Å². The molecule has 1 aromatic carbocycles.